The van der Waals surface area contributed by atoms with Crippen molar-refractivity contribution < 1.29 is 8.42 Å². The van der Waals surface area contributed by atoms with Gasteiger partial charge in [0.1, 0.15) is 16.7 Å². The van der Waals surface area contributed by atoms with E-state index in [0.717, 1.165) is 11.8 Å². The summed E-state index contributed by atoms with van der Waals surface area (Å²) < 4.78 is 28.4. The van der Waals surface area contributed by atoms with Gasteiger partial charge < -0.3 is 5.32 Å². The van der Waals surface area contributed by atoms with Gasteiger partial charge in [-0.2, -0.15) is 10.5 Å². The molecule has 1 aromatic carbocycles. The lowest BCUT2D eigenvalue weighted by Gasteiger charge is -2.46. The first-order valence-electron chi connectivity index (χ1n) is 9.33. The lowest BCUT2D eigenvalue weighted by atomic mass is 9.80. The van der Waals surface area contributed by atoms with Crippen molar-refractivity contribution in [2.45, 2.75) is 80.5 Å². The van der Waals surface area contributed by atoms with Crippen LogP contribution in [0.1, 0.15) is 65.0 Å². The summed E-state index contributed by atoms with van der Waals surface area (Å²) in [6.07, 6.45) is 1.79. The van der Waals surface area contributed by atoms with Crippen LogP contribution >= 0.6 is 11.8 Å². The van der Waals surface area contributed by atoms with Crippen molar-refractivity contribution in [3.8, 4) is 12.1 Å². The van der Waals surface area contributed by atoms with Crippen molar-refractivity contribution in [3.63, 3.8) is 0 Å². The third kappa shape index (κ3) is 5.48. The normalized spacial score (nSPS) is 20.1. The van der Waals surface area contributed by atoms with Gasteiger partial charge in [0, 0.05) is 22.0 Å². The molecule has 2 rings (SSSR count). The van der Waals surface area contributed by atoms with Crippen LogP contribution in [0.3, 0.4) is 0 Å². The number of rotatable bonds is 6. The Balaban J connectivity index is 2.25. The van der Waals surface area contributed by atoms with Crippen molar-refractivity contribution in [1.29, 1.82) is 10.5 Å². The Bertz CT molecular complexity index is 895. The molecular formula is C20H28N4O2S2. The van der Waals surface area contributed by atoms with Crippen LogP contribution in [0.2, 0.25) is 0 Å². The predicted octanol–water partition coefficient (Wildman–Crippen LogP) is 3.49. The van der Waals surface area contributed by atoms with Gasteiger partial charge in [-0.1, -0.05) is 13.0 Å². The van der Waals surface area contributed by atoms with E-state index in [2.05, 4.69) is 37.7 Å². The van der Waals surface area contributed by atoms with Crippen LogP contribution in [0.5, 0.6) is 0 Å². The van der Waals surface area contributed by atoms with Crippen LogP contribution in [0, 0.1) is 22.7 Å². The molecule has 1 unspecified atom stereocenters. The summed E-state index contributed by atoms with van der Waals surface area (Å²) >= 11 is 1.13. The molecule has 1 aliphatic heterocycles. The molecule has 0 aromatic heterocycles. The zero-order valence-corrected chi connectivity index (χ0v) is 18.7. The summed E-state index contributed by atoms with van der Waals surface area (Å²) in [5.74, 6) is 0. The Kier molecular flexibility index (Phi) is 6.83. The summed E-state index contributed by atoms with van der Waals surface area (Å²) in [6, 6.07) is 8.80. The fourth-order valence-corrected chi connectivity index (χ4v) is 7.15. The molecule has 1 atom stereocenters. The molecule has 6 nitrogen and oxygen atoms in total. The molecule has 1 heterocycles. The van der Waals surface area contributed by atoms with Crippen molar-refractivity contribution in [2.24, 2.45) is 0 Å². The maximum Gasteiger partial charge on any atom is 0.224 e. The van der Waals surface area contributed by atoms with E-state index in [1.54, 1.807) is 18.2 Å². The molecule has 1 saturated heterocycles. The average Bonchev–Trinajstić information content (AvgIpc) is 2.55. The lowest BCUT2D eigenvalue weighted by Crippen LogP contribution is -2.62. The van der Waals surface area contributed by atoms with Gasteiger partial charge in [0.25, 0.3) is 0 Å². The molecule has 1 fully saturated rings. The van der Waals surface area contributed by atoms with Crippen LogP contribution < -0.4 is 10.0 Å². The minimum Gasteiger partial charge on any atom is -0.307 e. The van der Waals surface area contributed by atoms with Gasteiger partial charge in [0.05, 0.1) is 11.1 Å². The summed E-state index contributed by atoms with van der Waals surface area (Å²) in [4.78, 5) is 0.518. The minimum absolute atomic E-state index is 0.160. The van der Waals surface area contributed by atoms with Gasteiger partial charge in [-0.05, 0) is 59.1 Å². The molecule has 0 spiro atoms. The van der Waals surface area contributed by atoms with Crippen LogP contribution in [0.4, 0.5) is 0 Å². The minimum atomic E-state index is -3.62. The first-order valence-corrected chi connectivity index (χ1v) is 11.8. The van der Waals surface area contributed by atoms with E-state index in [1.807, 2.05) is 19.1 Å². The van der Waals surface area contributed by atoms with Gasteiger partial charge >= 0.3 is 0 Å². The Morgan fingerprint density at radius 2 is 1.82 bits per heavy atom. The zero-order valence-electron chi connectivity index (χ0n) is 17.0. The van der Waals surface area contributed by atoms with E-state index >= 15 is 0 Å². The summed E-state index contributed by atoms with van der Waals surface area (Å²) in [6.45, 7) is 10.1. The molecule has 152 valence electrons. The molecule has 28 heavy (non-hydrogen) atoms. The van der Waals surface area contributed by atoms with Crippen molar-refractivity contribution in [3.05, 3.63) is 29.3 Å². The Labute approximate surface area is 172 Å². The fraction of sp³-hybridized carbons (Fsp3) is 0.600. The van der Waals surface area contributed by atoms with E-state index in [9.17, 15) is 18.9 Å². The van der Waals surface area contributed by atoms with E-state index in [-0.39, 0.29) is 28.2 Å². The van der Waals surface area contributed by atoms with E-state index in [4.69, 9.17) is 0 Å². The van der Waals surface area contributed by atoms with Gasteiger partial charge in [-0.25, -0.2) is 13.1 Å². The second-order valence-corrected chi connectivity index (χ2v) is 12.0. The molecule has 0 radical (unpaired) electrons. The maximum absolute atomic E-state index is 13.1. The molecule has 1 aliphatic rings. The zero-order chi connectivity index (χ0) is 21.2. The van der Waals surface area contributed by atoms with Gasteiger partial charge in [-0.15, -0.1) is 11.8 Å². The lowest BCUT2D eigenvalue weighted by molar-refractivity contribution is 0.157. The number of hydrogen-bond donors (Lipinski definition) is 2. The Morgan fingerprint density at radius 1 is 1.21 bits per heavy atom. The number of nitrogens with one attached hydrogen (secondary N) is 2. The number of hydrogen-bond acceptors (Lipinski definition) is 6. The van der Waals surface area contributed by atoms with Gasteiger partial charge in [0.15, 0.2) is 0 Å². The monoisotopic (exact) mass is 420 g/mol. The number of piperidine rings is 1. The molecule has 0 bridgehead atoms. The van der Waals surface area contributed by atoms with Crippen LogP contribution in [-0.4, -0.2) is 30.1 Å². The third-order valence-electron chi connectivity index (χ3n) is 4.72. The highest BCUT2D eigenvalue weighted by atomic mass is 32.3. The fourth-order valence-electron chi connectivity index (χ4n) is 4.06. The van der Waals surface area contributed by atoms with E-state index < -0.39 is 14.6 Å². The number of nitriles is 2. The molecule has 2 N–H and O–H groups in total. The summed E-state index contributed by atoms with van der Waals surface area (Å²) in [7, 11) is -3.62. The van der Waals surface area contributed by atoms with Crippen molar-refractivity contribution in [1.82, 2.24) is 10.0 Å². The molecule has 0 aliphatic carbocycles. The number of thioether (sulfide) groups is 1. The van der Waals surface area contributed by atoms with Gasteiger partial charge in [-0.3, -0.25) is 0 Å². The maximum atomic E-state index is 13.1. The van der Waals surface area contributed by atoms with Crippen LogP contribution in [0.25, 0.3) is 0 Å². The highest BCUT2D eigenvalue weighted by molar-refractivity contribution is 8.12. The van der Waals surface area contributed by atoms with Crippen molar-refractivity contribution >= 4 is 21.8 Å². The Morgan fingerprint density at radius 3 is 2.32 bits per heavy atom. The van der Waals surface area contributed by atoms with E-state index in [0.29, 0.717) is 24.2 Å². The summed E-state index contributed by atoms with van der Waals surface area (Å²) in [5.41, 5.74) is 0.153. The third-order valence-corrected chi connectivity index (χ3v) is 8.64. The summed E-state index contributed by atoms with van der Waals surface area (Å²) in [5, 5.41) is 22.2. The molecule has 1 aromatic rings. The average molecular weight is 421 g/mol. The number of benzene rings is 1. The molecule has 0 saturated carbocycles. The quantitative estimate of drug-likeness (QED) is 0.683. The first kappa shape index (κ1) is 22.7. The number of sulfonamides is 1. The number of nitrogens with zero attached hydrogens (tertiary/aromatic N) is 2. The van der Waals surface area contributed by atoms with Crippen molar-refractivity contribution in [2.75, 3.05) is 0 Å². The topological polar surface area (TPSA) is 106 Å². The molecular weight excluding hydrogens is 392 g/mol. The smallest absolute Gasteiger partial charge is 0.224 e. The van der Waals surface area contributed by atoms with Gasteiger partial charge in [0.2, 0.25) is 10.0 Å². The first-order chi connectivity index (χ1) is 12.9. The molecule has 8 heteroatoms. The Hall–Kier alpha value is -1.58. The highest BCUT2D eigenvalue weighted by Crippen LogP contribution is 2.34. The second kappa shape index (κ2) is 8.42. The highest BCUT2D eigenvalue weighted by Gasteiger charge is 2.40. The molecule has 0 amide bonds. The van der Waals surface area contributed by atoms with Crippen LogP contribution in [0.15, 0.2) is 23.1 Å². The van der Waals surface area contributed by atoms with E-state index in [1.165, 1.54) is 0 Å². The second-order valence-electron chi connectivity index (χ2n) is 8.52. The largest absolute Gasteiger partial charge is 0.307 e. The van der Waals surface area contributed by atoms with Crippen LogP contribution in [-0.2, 0) is 10.0 Å². The SMILES string of the molecule is CCC(Sc1cccc(C#N)c1C#N)S(=O)(=O)NC1CC(C)(C)NC(C)(C)C1. The predicted molar refractivity (Wildman–Crippen MR) is 112 cm³/mol. The standard InChI is InChI=1S/C20H28N4O2S2/c1-6-18(27-17-9-7-8-14(12-21)16(17)13-22)28(25,26)23-15-10-19(2,3)24-20(4,5)11-15/h7-9,15,18,23-24H,6,10-11H2,1-5H3.